The number of rotatable bonds is 5. The molecule has 1 fully saturated rings. The first-order valence-corrected chi connectivity index (χ1v) is 7.51. The molecule has 1 N–H and O–H groups in total. The third-order valence-corrected chi connectivity index (χ3v) is 3.53. The molecular weight excluding hydrogens is 296 g/mol. The van der Waals surface area contributed by atoms with Crippen molar-refractivity contribution in [3.8, 4) is 11.5 Å². The first-order valence-electron chi connectivity index (χ1n) is 7.51. The Morgan fingerprint density at radius 1 is 1.22 bits per heavy atom. The molecular formula is C17H22N2O4. The molecule has 1 aromatic rings. The molecule has 1 aromatic carbocycles. The van der Waals surface area contributed by atoms with E-state index < -0.39 is 0 Å². The predicted octanol–water partition coefficient (Wildman–Crippen LogP) is 2.33. The lowest BCUT2D eigenvalue weighted by molar-refractivity contribution is -0.123. The zero-order valence-electron chi connectivity index (χ0n) is 13.7. The molecule has 0 radical (unpaired) electrons. The summed E-state index contributed by atoms with van der Waals surface area (Å²) in [6.45, 7) is 3.91. The molecule has 0 bridgehead atoms. The predicted molar refractivity (Wildman–Crippen MR) is 86.7 cm³/mol. The maximum atomic E-state index is 11.8. The Hall–Kier alpha value is -2.37. The highest BCUT2D eigenvalue weighted by molar-refractivity contribution is 6.05. The van der Waals surface area contributed by atoms with Gasteiger partial charge in [0.15, 0.2) is 6.61 Å². The summed E-state index contributed by atoms with van der Waals surface area (Å²) < 4.78 is 10.4. The summed E-state index contributed by atoms with van der Waals surface area (Å²) in [6.07, 6.45) is 1.57. The van der Waals surface area contributed by atoms with Crippen molar-refractivity contribution in [1.29, 1.82) is 0 Å². The SMILES string of the molecule is COc1ccc(OCC(=O)N/N=C2\CC(=O)CC(C)(C)C2)cc1. The van der Waals surface area contributed by atoms with Crippen LogP contribution in [0, 0.1) is 5.41 Å². The topological polar surface area (TPSA) is 77.0 Å². The fourth-order valence-electron chi connectivity index (χ4n) is 2.57. The standard InChI is InChI=1S/C17H22N2O4/c1-17(2)9-12(8-13(20)10-17)18-19-16(21)11-23-15-6-4-14(22-3)5-7-15/h4-7H,8-11H2,1-3H3,(H,19,21)/b18-12+. The Morgan fingerprint density at radius 3 is 2.48 bits per heavy atom. The van der Waals surface area contributed by atoms with Crippen LogP contribution in [-0.2, 0) is 9.59 Å². The normalized spacial score (nSPS) is 18.6. The van der Waals surface area contributed by atoms with Gasteiger partial charge in [0, 0.05) is 18.6 Å². The van der Waals surface area contributed by atoms with Crippen molar-refractivity contribution in [2.75, 3.05) is 13.7 Å². The van der Waals surface area contributed by atoms with Crippen LogP contribution in [0.15, 0.2) is 29.4 Å². The van der Waals surface area contributed by atoms with Crippen molar-refractivity contribution in [1.82, 2.24) is 5.43 Å². The molecule has 0 aliphatic heterocycles. The lowest BCUT2D eigenvalue weighted by Gasteiger charge is -2.28. The highest BCUT2D eigenvalue weighted by Crippen LogP contribution is 2.31. The number of benzene rings is 1. The molecule has 23 heavy (non-hydrogen) atoms. The van der Waals surface area contributed by atoms with Gasteiger partial charge in [-0.3, -0.25) is 9.59 Å². The zero-order chi connectivity index (χ0) is 16.9. The molecule has 0 saturated heterocycles. The Morgan fingerprint density at radius 2 is 1.87 bits per heavy atom. The Bertz CT molecular complexity index is 606. The van der Waals surface area contributed by atoms with Crippen LogP contribution >= 0.6 is 0 Å². The van der Waals surface area contributed by atoms with Crippen LogP contribution in [0.5, 0.6) is 11.5 Å². The Balaban J connectivity index is 1.82. The smallest absolute Gasteiger partial charge is 0.277 e. The fourth-order valence-corrected chi connectivity index (χ4v) is 2.57. The molecule has 1 aliphatic carbocycles. The number of hydrazone groups is 1. The molecule has 1 amide bonds. The minimum Gasteiger partial charge on any atom is -0.497 e. The van der Waals surface area contributed by atoms with E-state index in [2.05, 4.69) is 10.5 Å². The van der Waals surface area contributed by atoms with Gasteiger partial charge in [-0.2, -0.15) is 5.10 Å². The summed E-state index contributed by atoms with van der Waals surface area (Å²) in [6, 6.07) is 6.95. The number of hydrogen-bond donors (Lipinski definition) is 1. The van der Waals surface area contributed by atoms with Gasteiger partial charge in [-0.1, -0.05) is 13.8 Å². The van der Waals surface area contributed by atoms with E-state index in [1.165, 1.54) is 0 Å². The number of carbonyl (C=O) groups is 2. The quantitative estimate of drug-likeness (QED) is 0.845. The molecule has 0 spiro atoms. The zero-order valence-corrected chi connectivity index (χ0v) is 13.7. The second-order valence-electron chi connectivity index (χ2n) is 6.41. The average Bonchev–Trinajstić information content (AvgIpc) is 2.49. The van der Waals surface area contributed by atoms with Gasteiger partial charge < -0.3 is 9.47 Å². The third kappa shape index (κ3) is 5.39. The van der Waals surface area contributed by atoms with Gasteiger partial charge >= 0.3 is 0 Å². The molecule has 0 unspecified atom stereocenters. The summed E-state index contributed by atoms with van der Waals surface area (Å²) in [5, 5.41) is 4.07. The van der Waals surface area contributed by atoms with E-state index in [0.717, 1.165) is 5.75 Å². The number of ketones is 1. The highest BCUT2D eigenvalue weighted by Gasteiger charge is 2.30. The monoisotopic (exact) mass is 318 g/mol. The lowest BCUT2D eigenvalue weighted by atomic mass is 9.76. The number of carbonyl (C=O) groups excluding carboxylic acids is 2. The van der Waals surface area contributed by atoms with E-state index in [1.807, 2.05) is 13.8 Å². The van der Waals surface area contributed by atoms with Crippen LogP contribution in [0.25, 0.3) is 0 Å². The van der Waals surface area contributed by atoms with Crippen molar-refractivity contribution in [2.45, 2.75) is 33.1 Å². The van der Waals surface area contributed by atoms with Crippen LogP contribution in [0.1, 0.15) is 33.1 Å². The highest BCUT2D eigenvalue weighted by atomic mass is 16.5. The average molecular weight is 318 g/mol. The van der Waals surface area contributed by atoms with E-state index in [0.29, 0.717) is 30.7 Å². The third-order valence-electron chi connectivity index (χ3n) is 3.53. The molecule has 0 aromatic heterocycles. The van der Waals surface area contributed by atoms with Gasteiger partial charge in [0.25, 0.3) is 5.91 Å². The maximum Gasteiger partial charge on any atom is 0.277 e. The second kappa shape index (κ2) is 7.26. The number of hydrogen-bond acceptors (Lipinski definition) is 5. The van der Waals surface area contributed by atoms with E-state index in [1.54, 1.807) is 31.4 Å². The summed E-state index contributed by atoms with van der Waals surface area (Å²) in [4.78, 5) is 23.4. The summed E-state index contributed by atoms with van der Waals surface area (Å²) in [5.74, 6) is 1.09. The van der Waals surface area contributed by atoms with Crippen LogP contribution in [0.4, 0.5) is 0 Å². The number of methoxy groups -OCH3 is 1. The van der Waals surface area contributed by atoms with Crippen molar-refractivity contribution in [3.05, 3.63) is 24.3 Å². The molecule has 6 heteroatoms. The van der Waals surface area contributed by atoms with E-state index >= 15 is 0 Å². The van der Waals surface area contributed by atoms with Crippen molar-refractivity contribution >= 4 is 17.4 Å². The molecule has 0 atom stereocenters. The van der Waals surface area contributed by atoms with Crippen molar-refractivity contribution < 1.29 is 19.1 Å². The first-order chi connectivity index (χ1) is 10.9. The van der Waals surface area contributed by atoms with E-state index in [9.17, 15) is 9.59 Å². The van der Waals surface area contributed by atoms with Crippen LogP contribution in [0.3, 0.4) is 0 Å². The second-order valence-corrected chi connectivity index (χ2v) is 6.41. The summed E-state index contributed by atoms with van der Waals surface area (Å²) in [5.41, 5.74) is 3.06. The molecule has 6 nitrogen and oxygen atoms in total. The van der Waals surface area contributed by atoms with E-state index in [4.69, 9.17) is 9.47 Å². The summed E-state index contributed by atoms with van der Waals surface area (Å²) in [7, 11) is 1.58. The molecule has 1 saturated carbocycles. The van der Waals surface area contributed by atoms with Crippen LogP contribution < -0.4 is 14.9 Å². The lowest BCUT2D eigenvalue weighted by Crippen LogP contribution is -2.32. The van der Waals surface area contributed by atoms with Gasteiger partial charge in [0.1, 0.15) is 17.3 Å². The minimum atomic E-state index is -0.357. The van der Waals surface area contributed by atoms with Gasteiger partial charge in [-0.05, 0) is 36.1 Å². The molecule has 124 valence electrons. The largest absolute Gasteiger partial charge is 0.497 e. The van der Waals surface area contributed by atoms with Crippen LogP contribution in [-0.4, -0.2) is 31.1 Å². The Labute approximate surface area is 135 Å². The van der Waals surface area contributed by atoms with Gasteiger partial charge in [-0.15, -0.1) is 0 Å². The van der Waals surface area contributed by atoms with Crippen LogP contribution in [0.2, 0.25) is 0 Å². The van der Waals surface area contributed by atoms with Gasteiger partial charge in [0.2, 0.25) is 0 Å². The molecule has 0 heterocycles. The first kappa shape index (κ1) is 17.0. The van der Waals surface area contributed by atoms with Crippen molar-refractivity contribution in [2.24, 2.45) is 10.5 Å². The number of amides is 1. The molecule has 1 aliphatic rings. The molecule has 2 rings (SSSR count). The fraction of sp³-hybridized carbons (Fsp3) is 0.471. The number of Topliss-reactive ketones (excluding diaryl/α,β-unsaturated/α-hetero) is 1. The van der Waals surface area contributed by atoms with Gasteiger partial charge in [-0.25, -0.2) is 5.43 Å². The number of nitrogens with one attached hydrogen (secondary N) is 1. The number of ether oxygens (including phenoxy) is 2. The number of nitrogens with zero attached hydrogens (tertiary/aromatic N) is 1. The van der Waals surface area contributed by atoms with E-state index in [-0.39, 0.29) is 23.7 Å². The Kier molecular flexibility index (Phi) is 5.36. The van der Waals surface area contributed by atoms with Crippen molar-refractivity contribution in [3.63, 3.8) is 0 Å². The maximum absolute atomic E-state index is 11.8. The minimum absolute atomic E-state index is 0.0987. The van der Waals surface area contributed by atoms with Gasteiger partial charge in [0.05, 0.1) is 7.11 Å². The summed E-state index contributed by atoms with van der Waals surface area (Å²) >= 11 is 0.